The van der Waals surface area contributed by atoms with E-state index in [1.54, 1.807) is 16.8 Å². The molecule has 0 radical (unpaired) electrons. The summed E-state index contributed by atoms with van der Waals surface area (Å²) in [6, 6.07) is 11.6. The van der Waals surface area contributed by atoms with Crippen LogP contribution < -0.4 is 10.6 Å². The molecule has 0 saturated carbocycles. The topological polar surface area (TPSA) is 125 Å². The molecule has 0 saturated heterocycles. The van der Waals surface area contributed by atoms with E-state index in [-0.39, 0.29) is 37.3 Å². The third-order valence-electron chi connectivity index (χ3n) is 6.73. The summed E-state index contributed by atoms with van der Waals surface area (Å²) in [5.41, 5.74) is 3.03. The summed E-state index contributed by atoms with van der Waals surface area (Å²) in [5.74, 6) is 0.770. The number of ketones is 1. The summed E-state index contributed by atoms with van der Waals surface area (Å²) in [6.45, 7) is 4.93. The number of Topliss-reactive ketones (excluding diaryl/α,β-unsaturated/α-hetero) is 1. The number of aryl methyl sites for hydroxylation is 3. The summed E-state index contributed by atoms with van der Waals surface area (Å²) in [4.78, 5) is 21.8. The lowest BCUT2D eigenvalue weighted by Gasteiger charge is -2.16. The first-order valence-electron chi connectivity index (χ1n) is 13.4. The fourth-order valence-corrected chi connectivity index (χ4v) is 4.37. The van der Waals surface area contributed by atoms with Gasteiger partial charge in [-0.3, -0.25) is 4.79 Å². The van der Waals surface area contributed by atoms with Crippen LogP contribution in [0.4, 0.5) is 24.7 Å². The summed E-state index contributed by atoms with van der Waals surface area (Å²) < 4.78 is 42.6. The average molecular weight is 583 g/mol. The summed E-state index contributed by atoms with van der Waals surface area (Å²) in [7, 11) is 0. The molecule has 4 N–H and O–H groups in total. The van der Waals surface area contributed by atoms with Crippen LogP contribution in [0.2, 0.25) is 0 Å². The number of alkyl halides is 3. The Morgan fingerprint density at radius 1 is 1.00 bits per heavy atom. The minimum Gasteiger partial charge on any atom is -0.395 e. The van der Waals surface area contributed by atoms with Gasteiger partial charge in [0.1, 0.15) is 12.1 Å². The van der Waals surface area contributed by atoms with Crippen molar-refractivity contribution in [3.63, 3.8) is 0 Å². The van der Waals surface area contributed by atoms with Crippen molar-refractivity contribution in [1.82, 2.24) is 25.1 Å². The number of hydrogen-bond acceptors (Lipinski definition) is 8. The number of nitrogens with zero attached hydrogens (tertiary/aromatic N) is 4. The number of aromatic nitrogens is 4. The van der Waals surface area contributed by atoms with Crippen LogP contribution in [0.15, 0.2) is 54.9 Å². The minimum absolute atomic E-state index is 0.0617. The highest BCUT2D eigenvalue weighted by Gasteiger charge is 2.32. The van der Waals surface area contributed by atoms with Crippen molar-refractivity contribution in [3.8, 4) is 5.82 Å². The van der Waals surface area contributed by atoms with Gasteiger partial charge >= 0.3 is 6.18 Å². The van der Waals surface area contributed by atoms with Gasteiger partial charge in [0.2, 0.25) is 0 Å². The van der Waals surface area contributed by atoms with Gasteiger partial charge in [0, 0.05) is 42.0 Å². The van der Waals surface area contributed by atoms with Crippen LogP contribution in [-0.2, 0) is 25.6 Å². The van der Waals surface area contributed by atoms with Crippen molar-refractivity contribution in [2.45, 2.75) is 52.4 Å². The number of rotatable bonds is 12. The van der Waals surface area contributed by atoms with Crippen LogP contribution >= 0.6 is 0 Å². The van der Waals surface area contributed by atoms with Gasteiger partial charge in [-0.15, -0.1) is 0 Å². The van der Waals surface area contributed by atoms with Crippen LogP contribution in [0.3, 0.4) is 0 Å². The molecule has 2 aromatic heterocycles. The van der Waals surface area contributed by atoms with Gasteiger partial charge in [-0.1, -0.05) is 19.1 Å². The molecule has 0 aliphatic heterocycles. The maximum atomic E-state index is 13.6. The van der Waals surface area contributed by atoms with Gasteiger partial charge in [0.25, 0.3) is 0 Å². The first kappa shape index (κ1) is 30.8. The van der Waals surface area contributed by atoms with Crippen molar-refractivity contribution in [3.05, 3.63) is 94.1 Å². The van der Waals surface area contributed by atoms with Crippen LogP contribution in [-0.4, -0.2) is 55.0 Å². The highest BCUT2D eigenvalue weighted by atomic mass is 19.4. The van der Waals surface area contributed by atoms with Crippen molar-refractivity contribution in [1.29, 1.82) is 0 Å². The molecule has 0 spiro atoms. The van der Waals surface area contributed by atoms with Crippen LogP contribution in [0.5, 0.6) is 0 Å². The van der Waals surface area contributed by atoms with Gasteiger partial charge in [0.05, 0.1) is 30.5 Å². The molecular weight excluding hydrogens is 549 g/mol. The van der Waals surface area contributed by atoms with E-state index in [0.717, 1.165) is 35.5 Å². The molecule has 4 rings (SSSR count). The fourth-order valence-electron chi connectivity index (χ4n) is 4.37. The molecule has 2 heterocycles. The Balaban J connectivity index is 1.59. The summed E-state index contributed by atoms with van der Waals surface area (Å²) in [5, 5.41) is 29.2. The number of aliphatic hydroxyl groups is 2. The zero-order chi connectivity index (χ0) is 30.4. The highest BCUT2D eigenvalue weighted by Crippen LogP contribution is 2.31. The first-order chi connectivity index (χ1) is 20.0. The normalized spacial score (nSPS) is 11.7. The lowest BCUT2D eigenvalue weighted by atomic mass is 9.97. The van der Waals surface area contributed by atoms with E-state index in [0.29, 0.717) is 22.9 Å². The van der Waals surface area contributed by atoms with E-state index in [9.17, 15) is 28.2 Å². The standard InChI is InChI=1S/C30H33F3N6O3/c1-4-24-13-28(36-17-35-24)39-29(7-19(3)38-39)37-26-10-20(6-5-18(26)2)11-27(42)22-8-21(14-34-25(15-40)16-41)9-23(12-22)30(31,32)33/h5-10,12-13,17,25,34,37,40-41H,4,11,14-16H2,1-3H3. The molecule has 0 aliphatic carbocycles. The zero-order valence-corrected chi connectivity index (χ0v) is 23.5. The van der Waals surface area contributed by atoms with Crippen LogP contribution in [0, 0.1) is 13.8 Å². The quantitative estimate of drug-likeness (QED) is 0.180. The second-order valence-corrected chi connectivity index (χ2v) is 10.0. The fraction of sp³-hybridized carbons (Fsp3) is 0.333. The maximum absolute atomic E-state index is 13.6. The molecule has 9 nitrogen and oxygen atoms in total. The van der Waals surface area contributed by atoms with Crippen LogP contribution in [0.1, 0.15) is 50.9 Å². The average Bonchev–Trinajstić information content (AvgIpc) is 3.34. The number of carbonyl (C=O) groups is 1. The van der Waals surface area contributed by atoms with Crippen molar-refractivity contribution in [2.75, 3.05) is 18.5 Å². The molecule has 4 aromatic rings. The number of halogens is 3. The predicted octanol–water partition coefficient (Wildman–Crippen LogP) is 4.47. The molecule has 0 amide bonds. The molecule has 0 atom stereocenters. The number of carbonyl (C=O) groups excluding carboxylic acids is 1. The third-order valence-corrected chi connectivity index (χ3v) is 6.73. The lowest BCUT2D eigenvalue weighted by molar-refractivity contribution is -0.137. The smallest absolute Gasteiger partial charge is 0.395 e. The number of benzene rings is 2. The zero-order valence-electron chi connectivity index (χ0n) is 23.5. The lowest BCUT2D eigenvalue weighted by Crippen LogP contribution is -2.35. The first-order valence-corrected chi connectivity index (χ1v) is 13.4. The Bertz CT molecular complexity index is 1550. The Labute approximate surface area is 241 Å². The van der Waals surface area contributed by atoms with Gasteiger partial charge < -0.3 is 20.8 Å². The Hall–Kier alpha value is -4.13. The molecular formula is C30H33F3N6O3. The maximum Gasteiger partial charge on any atom is 0.416 e. The highest BCUT2D eigenvalue weighted by molar-refractivity contribution is 5.98. The second-order valence-electron chi connectivity index (χ2n) is 10.0. The largest absolute Gasteiger partial charge is 0.416 e. The monoisotopic (exact) mass is 582 g/mol. The Morgan fingerprint density at radius 3 is 2.45 bits per heavy atom. The number of anilines is 2. The van der Waals surface area contributed by atoms with Gasteiger partial charge in [-0.2, -0.15) is 23.0 Å². The van der Waals surface area contributed by atoms with Crippen molar-refractivity contribution >= 4 is 17.3 Å². The molecule has 0 aliphatic rings. The van der Waals surface area contributed by atoms with Gasteiger partial charge in [0.15, 0.2) is 11.6 Å². The van der Waals surface area contributed by atoms with Gasteiger partial charge in [-0.25, -0.2) is 9.97 Å². The number of nitrogens with one attached hydrogen (secondary N) is 2. The summed E-state index contributed by atoms with van der Waals surface area (Å²) >= 11 is 0. The van der Waals surface area contributed by atoms with E-state index >= 15 is 0 Å². The third kappa shape index (κ3) is 7.58. The molecule has 0 bridgehead atoms. The van der Waals surface area contributed by atoms with E-state index < -0.39 is 23.6 Å². The Kier molecular flexibility index (Phi) is 9.71. The number of aliphatic hydroxyl groups excluding tert-OH is 2. The van der Waals surface area contributed by atoms with Crippen molar-refractivity contribution in [2.24, 2.45) is 0 Å². The van der Waals surface area contributed by atoms with Gasteiger partial charge in [-0.05, 0) is 61.2 Å². The van der Waals surface area contributed by atoms with E-state index in [2.05, 4.69) is 25.7 Å². The predicted molar refractivity (Wildman–Crippen MR) is 152 cm³/mol. The minimum atomic E-state index is -4.65. The molecule has 2 aromatic carbocycles. The van der Waals surface area contributed by atoms with E-state index in [1.165, 1.54) is 12.4 Å². The van der Waals surface area contributed by atoms with E-state index in [4.69, 9.17) is 0 Å². The van der Waals surface area contributed by atoms with Crippen LogP contribution in [0.25, 0.3) is 5.82 Å². The Morgan fingerprint density at radius 2 is 1.76 bits per heavy atom. The van der Waals surface area contributed by atoms with Crippen molar-refractivity contribution < 1.29 is 28.2 Å². The molecule has 0 unspecified atom stereocenters. The summed E-state index contributed by atoms with van der Waals surface area (Å²) in [6.07, 6.45) is -2.55. The molecule has 222 valence electrons. The molecule has 0 fully saturated rings. The second kappa shape index (κ2) is 13.2. The SMILES string of the molecule is CCc1cc(-n2nc(C)cc2Nc2cc(CC(=O)c3cc(CNC(CO)CO)cc(C(F)(F)F)c3)ccc2C)ncn1. The van der Waals surface area contributed by atoms with E-state index in [1.807, 2.05) is 39.0 Å². The molecule has 12 heteroatoms. The number of hydrogen-bond donors (Lipinski definition) is 4. The molecule has 42 heavy (non-hydrogen) atoms.